The van der Waals surface area contributed by atoms with Crippen molar-refractivity contribution in [3.05, 3.63) is 41.5 Å². The summed E-state index contributed by atoms with van der Waals surface area (Å²) in [7, 11) is -3.95. The fourth-order valence-corrected chi connectivity index (χ4v) is 4.94. The molecule has 0 bridgehead atoms. The van der Waals surface area contributed by atoms with Crippen molar-refractivity contribution in [2.45, 2.75) is 56.8 Å². The minimum atomic E-state index is -3.95. The van der Waals surface area contributed by atoms with Gasteiger partial charge in [-0.3, -0.25) is 0 Å². The molecule has 0 atom stereocenters. The average molecular weight is 392 g/mol. The lowest BCUT2D eigenvalue weighted by molar-refractivity contribution is 0.0696. The predicted octanol–water partition coefficient (Wildman–Crippen LogP) is 3.94. The highest BCUT2D eigenvalue weighted by atomic mass is 32.2. The maximum absolute atomic E-state index is 13.1. The van der Waals surface area contributed by atoms with Gasteiger partial charge in [-0.1, -0.05) is 25.3 Å². The molecular weight excluding hydrogens is 368 g/mol. The van der Waals surface area contributed by atoms with Crippen LogP contribution in [0.25, 0.3) is 0 Å². The van der Waals surface area contributed by atoms with Gasteiger partial charge in [-0.05, 0) is 44.4 Å². The van der Waals surface area contributed by atoms with Gasteiger partial charge < -0.3 is 9.52 Å². The molecule has 0 spiro atoms. The number of aryl methyl sites for hydroxylation is 1. The molecule has 1 aliphatic rings. The van der Waals surface area contributed by atoms with Crippen LogP contribution in [-0.4, -0.2) is 31.0 Å². The van der Waals surface area contributed by atoms with Crippen LogP contribution >= 0.6 is 0 Å². The smallest absolute Gasteiger partial charge is 0.335 e. The first-order valence-electron chi connectivity index (χ1n) is 9.16. The Kier molecular flexibility index (Phi) is 5.55. The molecule has 0 amide bonds. The first-order chi connectivity index (χ1) is 12.8. The molecule has 1 aliphatic carbocycles. The maximum Gasteiger partial charge on any atom is 0.335 e. The summed E-state index contributed by atoms with van der Waals surface area (Å²) in [5.41, 5.74) is 0.473. The van der Waals surface area contributed by atoms with Gasteiger partial charge in [0.1, 0.15) is 6.26 Å². The fourth-order valence-electron chi connectivity index (χ4n) is 3.50. The zero-order chi connectivity index (χ0) is 19.6. The van der Waals surface area contributed by atoms with E-state index in [2.05, 4.69) is 4.98 Å². The van der Waals surface area contributed by atoms with Crippen molar-refractivity contribution in [1.29, 1.82) is 0 Å². The minimum absolute atomic E-state index is 0.0322. The van der Waals surface area contributed by atoms with Crippen molar-refractivity contribution in [3.63, 3.8) is 0 Å². The second-order valence-electron chi connectivity index (χ2n) is 6.83. The number of carbonyl (C=O) groups is 1. The van der Waals surface area contributed by atoms with Crippen molar-refractivity contribution >= 4 is 21.8 Å². The van der Waals surface area contributed by atoms with Crippen LogP contribution in [0.5, 0.6) is 0 Å². The number of hydrogen-bond donors (Lipinski definition) is 1. The van der Waals surface area contributed by atoms with Gasteiger partial charge in [0.2, 0.25) is 0 Å². The molecule has 146 valence electrons. The number of benzene rings is 1. The summed E-state index contributed by atoms with van der Waals surface area (Å²) in [5.74, 6) is -0.121. The van der Waals surface area contributed by atoms with Crippen molar-refractivity contribution in [1.82, 2.24) is 4.98 Å². The molecule has 1 aromatic carbocycles. The van der Waals surface area contributed by atoms with E-state index >= 15 is 0 Å². The van der Waals surface area contributed by atoms with Crippen LogP contribution in [0, 0.1) is 6.92 Å². The van der Waals surface area contributed by atoms with Gasteiger partial charge in [-0.2, -0.15) is 4.98 Å². The van der Waals surface area contributed by atoms with E-state index in [-0.39, 0.29) is 28.7 Å². The molecule has 1 saturated carbocycles. The molecule has 0 aliphatic heterocycles. The van der Waals surface area contributed by atoms with Crippen molar-refractivity contribution in [3.8, 4) is 0 Å². The zero-order valence-electron chi connectivity index (χ0n) is 15.5. The van der Waals surface area contributed by atoms with Crippen LogP contribution in [-0.2, 0) is 10.0 Å². The molecule has 1 heterocycles. The van der Waals surface area contributed by atoms with Crippen LogP contribution in [0.3, 0.4) is 0 Å². The molecular formula is C19H24N2O5S. The van der Waals surface area contributed by atoms with Gasteiger partial charge in [0.15, 0.2) is 11.7 Å². The zero-order valence-corrected chi connectivity index (χ0v) is 16.3. The van der Waals surface area contributed by atoms with Crippen molar-refractivity contribution < 1.29 is 22.7 Å². The molecule has 0 unspecified atom stereocenters. The molecule has 1 fully saturated rings. The molecule has 3 rings (SSSR count). The summed E-state index contributed by atoms with van der Waals surface area (Å²) in [6, 6.07) is 4.11. The fraction of sp³-hybridized carbons (Fsp3) is 0.474. The summed E-state index contributed by atoms with van der Waals surface area (Å²) < 4.78 is 32.9. The van der Waals surface area contributed by atoms with E-state index < -0.39 is 16.0 Å². The van der Waals surface area contributed by atoms with Crippen molar-refractivity contribution in [2.75, 3.05) is 10.8 Å². The van der Waals surface area contributed by atoms with E-state index in [4.69, 9.17) is 4.42 Å². The Balaban J connectivity index is 1.94. The Morgan fingerprint density at radius 2 is 2.00 bits per heavy atom. The van der Waals surface area contributed by atoms with E-state index in [9.17, 15) is 18.3 Å². The number of carboxylic acids is 1. The first-order valence-corrected chi connectivity index (χ1v) is 10.6. The number of carboxylic acid groups (broad SMARTS) is 1. The lowest BCUT2D eigenvalue weighted by Gasteiger charge is -2.21. The lowest BCUT2D eigenvalue weighted by Crippen LogP contribution is -2.31. The Morgan fingerprint density at radius 3 is 2.63 bits per heavy atom. The van der Waals surface area contributed by atoms with Crippen molar-refractivity contribution in [2.24, 2.45) is 0 Å². The second-order valence-corrected chi connectivity index (χ2v) is 8.69. The summed E-state index contributed by atoms with van der Waals surface area (Å²) in [6.45, 7) is 3.50. The standard InChI is InChI=1S/C19H24N2O5S/c1-3-21(17-12-26-18(20-17)14-7-5-4-6-8-14)27(24,25)15-10-9-13(2)16(11-15)19(22)23/h9-12,14H,3-8H2,1-2H3,(H,22,23). The van der Waals surface area contributed by atoms with E-state index in [0.29, 0.717) is 11.5 Å². The quantitative estimate of drug-likeness (QED) is 0.799. The van der Waals surface area contributed by atoms with Crippen LogP contribution in [0.15, 0.2) is 33.8 Å². The number of hydrogen-bond acceptors (Lipinski definition) is 5. The number of nitrogens with zero attached hydrogens (tertiary/aromatic N) is 2. The molecule has 27 heavy (non-hydrogen) atoms. The first kappa shape index (κ1) is 19.4. The van der Waals surface area contributed by atoms with Gasteiger partial charge >= 0.3 is 5.97 Å². The Hall–Kier alpha value is -2.35. The number of aromatic carboxylic acids is 1. The third kappa shape index (κ3) is 3.85. The molecule has 7 nitrogen and oxygen atoms in total. The van der Waals surface area contributed by atoms with Gasteiger partial charge in [0, 0.05) is 12.5 Å². The van der Waals surface area contributed by atoms with Gasteiger partial charge in [-0.25, -0.2) is 17.5 Å². The lowest BCUT2D eigenvalue weighted by atomic mass is 9.89. The highest BCUT2D eigenvalue weighted by molar-refractivity contribution is 7.92. The SMILES string of the molecule is CCN(c1coc(C2CCCCC2)n1)S(=O)(=O)c1ccc(C)c(C(=O)O)c1. The van der Waals surface area contributed by atoms with Crippen LogP contribution in [0.1, 0.15) is 66.8 Å². The minimum Gasteiger partial charge on any atom is -0.478 e. The summed E-state index contributed by atoms with van der Waals surface area (Å²) in [6.07, 6.45) is 6.83. The highest BCUT2D eigenvalue weighted by Gasteiger charge is 2.29. The topological polar surface area (TPSA) is 101 Å². The summed E-state index contributed by atoms with van der Waals surface area (Å²) in [5, 5.41) is 9.28. The molecule has 1 N–H and O–H groups in total. The van der Waals surface area contributed by atoms with E-state index in [1.54, 1.807) is 13.8 Å². The number of aromatic nitrogens is 1. The molecule has 0 radical (unpaired) electrons. The molecule has 0 saturated heterocycles. The predicted molar refractivity (Wildman–Crippen MR) is 101 cm³/mol. The van der Waals surface area contributed by atoms with Crippen LogP contribution in [0.4, 0.5) is 5.82 Å². The molecule has 8 heteroatoms. The van der Waals surface area contributed by atoms with Crippen LogP contribution < -0.4 is 4.31 Å². The highest BCUT2D eigenvalue weighted by Crippen LogP contribution is 2.34. The second kappa shape index (κ2) is 7.72. The molecule has 1 aromatic heterocycles. The Morgan fingerprint density at radius 1 is 1.30 bits per heavy atom. The van der Waals surface area contributed by atoms with Gasteiger partial charge in [0.05, 0.1) is 10.5 Å². The number of anilines is 1. The van der Waals surface area contributed by atoms with E-state index in [0.717, 1.165) is 30.0 Å². The number of rotatable bonds is 6. The van der Waals surface area contributed by atoms with E-state index in [1.165, 1.54) is 30.9 Å². The van der Waals surface area contributed by atoms with Gasteiger partial charge in [-0.15, -0.1) is 0 Å². The van der Waals surface area contributed by atoms with E-state index in [1.807, 2.05) is 0 Å². The average Bonchev–Trinajstić information content (AvgIpc) is 3.12. The monoisotopic (exact) mass is 392 g/mol. The number of sulfonamides is 1. The third-order valence-electron chi connectivity index (χ3n) is 5.03. The Bertz CT molecular complexity index is 929. The molecule has 2 aromatic rings. The Labute approximate surface area is 159 Å². The maximum atomic E-state index is 13.1. The summed E-state index contributed by atoms with van der Waals surface area (Å²) >= 11 is 0. The van der Waals surface area contributed by atoms with Crippen LogP contribution in [0.2, 0.25) is 0 Å². The normalized spacial score (nSPS) is 15.6. The number of oxazole rings is 1. The summed E-state index contributed by atoms with van der Waals surface area (Å²) in [4.78, 5) is 15.7. The largest absolute Gasteiger partial charge is 0.478 e. The van der Waals surface area contributed by atoms with Gasteiger partial charge in [0.25, 0.3) is 10.0 Å². The third-order valence-corrected chi connectivity index (χ3v) is 6.91.